The molecule has 230 valence electrons. The number of likely N-dealkylation sites (tertiary alicyclic amines) is 1. The molecule has 0 unspecified atom stereocenters. The van der Waals surface area contributed by atoms with E-state index in [1.54, 1.807) is 36.9 Å². The van der Waals surface area contributed by atoms with Crippen LogP contribution in [0.25, 0.3) is 11.0 Å². The molecule has 0 bridgehead atoms. The van der Waals surface area contributed by atoms with Gasteiger partial charge in [0.15, 0.2) is 11.2 Å². The Morgan fingerprint density at radius 3 is 2.43 bits per heavy atom. The van der Waals surface area contributed by atoms with Crippen LogP contribution in [0, 0.1) is 11.3 Å². The Balaban J connectivity index is 1.22. The van der Waals surface area contributed by atoms with E-state index in [4.69, 9.17) is 27.6 Å². The van der Waals surface area contributed by atoms with E-state index in [0.717, 1.165) is 31.0 Å². The van der Waals surface area contributed by atoms with Gasteiger partial charge in [0, 0.05) is 42.2 Å². The third kappa shape index (κ3) is 6.69. The predicted octanol–water partition coefficient (Wildman–Crippen LogP) is 5.92. The summed E-state index contributed by atoms with van der Waals surface area (Å²) in [6.07, 6.45) is 11.5. The summed E-state index contributed by atoms with van der Waals surface area (Å²) in [5.74, 6) is -0.387. The molecule has 1 atom stereocenters. The number of nitrogens with zero attached hydrogens (tertiary/aromatic N) is 4. The Morgan fingerprint density at radius 2 is 1.73 bits per heavy atom. The van der Waals surface area contributed by atoms with E-state index in [-0.39, 0.29) is 39.9 Å². The summed E-state index contributed by atoms with van der Waals surface area (Å²) in [6.45, 7) is 1.96. The molecule has 6 rings (SSSR count). The molecule has 3 heterocycles. The van der Waals surface area contributed by atoms with Crippen molar-refractivity contribution in [3.63, 3.8) is 0 Å². The Kier molecular flexibility index (Phi) is 9.05. The minimum Gasteiger partial charge on any atom is -0.451 e. The van der Waals surface area contributed by atoms with Gasteiger partial charge in [-0.25, -0.2) is 4.98 Å². The molecule has 11 heteroatoms. The van der Waals surface area contributed by atoms with Gasteiger partial charge < -0.3 is 14.6 Å². The lowest BCUT2D eigenvalue weighted by Gasteiger charge is -2.48. The highest BCUT2D eigenvalue weighted by Crippen LogP contribution is 2.47. The summed E-state index contributed by atoms with van der Waals surface area (Å²) in [6, 6.07) is 12.1. The first kappa shape index (κ1) is 30.3. The largest absolute Gasteiger partial charge is 0.451 e. The third-order valence-electron chi connectivity index (χ3n) is 9.36. The number of carbonyl (C=O) groups excluding carboxylic acids is 2. The number of fused-ring (bicyclic) bond motifs is 1. The van der Waals surface area contributed by atoms with Crippen molar-refractivity contribution in [2.75, 3.05) is 13.1 Å². The Bertz CT molecular complexity index is 1670. The molecule has 1 saturated heterocycles. The van der Waals surface area contributed by atoms with Gasteiger partial charge in [-0.15, -0.1) is 0 Å². The first-order valence-electron chi connectivity index (χ1n) is 15.2. The van der Waals surface area contributed by atoms with Crippen LogP contribution in [0.4, 0.5) is 0 Å². The van der Waals surface area contributed by atoms with E-state index >= 15 is 0 Å². The molecular weight excluding hydrogens is 601 g/mol. The van der Waals surface area contributed by atoms with Gasteiger partial charge >= 0.3 is 0 Å². The second-order valence-corrected chi connectivity index (χ2v) is 13.0. The summed E-state index contributed by atoms with van der Waals surface area (Å²) >= 11 is 12.1. The lowest BCUT2D eigenvalue weighted by Crippen LogP contribution is -2.54. The van der Waals surface area contributed by atoms with Gasteiger partial charge in [-0.3, -0.25) is 19.1 Å². The van der Waals surface area contributed by atoms with Crippen LogP contribution in [-0.2, 0) is 17.8 Å². The molecule has 1 N–H and O–H groups in total. The third-order valence-corrected chi connectivity index (χ3v) is 9.84. The standard InChI is InChI=1S/C33H35Cl2N5O4/c34-24-8-6-22(7-9-24)16-27(38-31(42)30-18-28(41)26-17-25(35)10-11-29(26)44-30)32(43)39-14-12-33(13-15-39,19-40-21-36-20-37-40)23-4-2-1-3-5-23/h6-11,17-18,20-21,23,27H,1-5,12-16,19H2,(H,38,42)/t27-/m1/s1. The molecule has 0 spiro atoms. The molecule has 1 aliphatic carbocycles. The molecule has 9 nitrogen and oxygen atoms in total. The van der Waals surface area contributed by atoms with E-state index in [0.29, 0.717) is 29.1 Å². The summed E-state index contributed by atoms with van der Waals surface area (Å²) in [5, 5.41) is 8.54. The predicted molar refractivity (Wildman–Crippen MR) is 169 cm³/mol. The average molecular weight is 637 g/mol. The number of halogens is 2. The highest BCUT2D eigenvalue weighted by molar-refractivity contribution is 6.31. The molecule has 4 aromatic rings. The van der Waals surface area contributed by atoms with Crippen LogP contribution in [0.5, 0.6) is 0 Å². The van der Waals surface area contributed by atoms with E-state index in [1.165, 1.54) is 38.2 Å². The quantitative estimate of drug-likeness (QED) is 0.257. The maximum Gasteiger partial charge on any atom is 0.287 e. The number of carbonyl (C=O) groups is 2. The normalized spacial score (nSPS) is 17.8. The van der Waals surface area contributed by atoms with Gasteiger partial charge in [0.2, 0.25) is 5.91 Å². The number of benzene rings is 2. The second kappa shape index (κ2) is 13.1. The van der Waals surface area contributed by atoms with E-state index < -0.39 is 11.9 Å². The van der Waals surface area contributed by atoms with Crippen LogP contribution < -0.4 is 10.7 Å². The van der Waals surface area contributed by atoms with E-state index in [2.05, 4.69) is 15.4 Å². The number of aromatic nitrogens is 3. The lowest BCUT2D eigenvalue weighted by molar-refractivity contribution is -0.136. The van der Waals surface area contributed by atoms with Crippen molar-refractivity contribution in [3.8, 4) is 0 Å². The SMILES string of the molecule is O=C(N[C@H](Cc1ccc(Cl)cc1)C(=O)N1CCC(Cn2cncn2)(C2CCCCC2)CC1)c1cc(=O)c2cc(Cl)ccc2o1. The van der Waals surface area contributed by atoms with Crippen LogP contribution in [0.15, 0.2) is 70.4 Å². The lowest BCUT2D eigenvalue weighted by atomic mass is 9.63. The van der Waals surface area contributed by atoms with E-state index in [1.807, 2.05) is 21.7 Å². The van der Waals surface area contributed by atoms with Gasteiger partial charge in [0.25, 0.3) is 5.91 Å². The van der Waals surface area contributed by atoms with Gasteiger partial charge in [0.05, 0.1) is 5.39 Å². The van der Waals surface area contributed by atoms with Crippen molar-refractivity contribution >= 4 is 46.0 Å². The number of nitrogens with one attached hydrogen (secondary N) is 1. The van der Waals surface area contributed by atoms with E-state index in [9.17, 15) is 14.4 Å². The molecule has 2 aromatic carbocycles. The topological polar surface area (TPSA) is 110 Å². The first-order chi connectivity index (χ1) is 21.3. The number of rotatable bonds is 8. The summed E-state index contributed by atoms with van der Waals surface area (Å²) < 4.78 is 7.70. The van der Waals surface area contributed by atoms with Crippen LogP contribution in [0.2, 0.25) is 10.0 Å². The maximum absolute atomic E-state index is 14.1. The number of amides is 2. The van der Waals surface area contributed by atoms with Gasteiger partial charge in [0.1, 0.15) is 24.3 Å². The number of hydrogen-bond donors (Lipinski definition) is 1. The summed E-state index contributed by atoms with van der Waals surface area (Å²) in [5.41, 5.74) is 0.747. The summed E-state index contributed by atoms with van der Waals surface area (Å²) in [4.78, 5) is 46.3. The molecular formula is C33H35Cl2N5O4. The van der Waals surface area contributed by atoms with Crippen molar-refractivity contribution in [1.29, 1.82) is 0 Å². The first-order valence-corrected chi connectivity index (χ1v) is 16.0. The zero-order valence-corrected chi connectivity index (χ0v) is 25.9. The second-order valence-electron chi connectivity index (χ2n) is 12.1. The Hall–Kier alpha value is -3.69. The molecule has 0 radical (unpaired) electrons. The van der Waals surface area contributed by atoms with Crippen molar-refractivity contribution in [1.82, 2.24) is 25.0 Å². The zero-order chi connectivity index (χ0) is 30.7. The molecule has 44 heavy (non-hydrogen) atoms. The van der Waals surface area contributed by atoms with Crippen molar-refractivity contribution < 1.29 is 14.0 Å². The molecule has 2 amide bonds. The highest BCUT2D eigenvalue weighted by Gasteiger charge is 2.44. The Morgan fingerprint density at radius 1 is 1.00 bits per heavy atom. The zero-order valence-electron chi connectivity index (χ0n) is 24.4. The minimum atomic E-state index is -0.868. The Labute approximate surface area is 265 Å². The van der Waals surface area contributed by atoms with Crippen molar-refractivity contribution in [3.05, 3.63) is 92.8 Å². The smallest absolute Gasteiger partial charge is 0.287 e. The fourth-order valence-corrected chi connectivity index (χ4v) is 7.26. The highest BCUT2D eigenvalue weighted by atomic mass is 35.5. The van der Waals surface area contributed by atoms with Gasteiger partial charge in [-0.05, 0) is 72.9 Å². The maximum atomic E-state index is 14.1. The van der Waals surface area contributed by atoms with Crippen molar-refractivity contribution in [2.24, 2.45) is 11.3 Å². The monoisotopic (exact) mass is 635 g/mol. The molecule has 1 aliphatic heterocycles. The van der Waals surface area contributed by atoms with Gasteiger partial charge in [-0.1, -0.05) is 54.6 Å². The molecule has 2 fully saturated rings. The fourth-order valence-electron chi connectivity index (χ4n) is 6.97. The molecule has 2 aliphatic rings. The van der Waals surface area contributed by atoms with Crippen LogP contribution in [-0.4, -0.2) is 50.6 Å². The van der Waals surface area contributed by atoms with Crippen LogP contribution in [0.3, 0.4) is 0 Å². The van der Waals surface area contributed by atoms with Crippen molar-refractivity contribution in [2.45, 2.75) is 64.0 Å². The van der Waals surface area contributed by atoms with Gasteiger partial charge in [-0.2, -0.15) is 5.10 Å². The van der Waals surface area contributed by atoms with Crippen LogP contribution in [0.1, 0.15) is 61.1 Å². The minimum absolute atomic E-state index is 0.0389. The molecule has 1 saturated carbocycles. The number of piperidine rings is 1. The summed E-state index contributed by atoms with van der Waals surface area (Å²) in [7, 11) is 0. The van der Waals surface area contributed by atoms with Crippen LogP contribution >= 0.6 is 23.2 Å². The molecule has 2 aromatic heterocycles. The average Bonchev–Trinajstić information content (AvgIpc) is 3.55. The fraction of sp³-hybridized carbons (Fsp3) is 0.424. The number of hydrogen-bond acceptors (Lipinski definition) is 6.